The van der Waals surface area contributed by atoms with Gasteiger partial charge in [0.05, 0.1) is 15.7 Å². The standard InChI is InChI=1S/C25H15Br2FN2O5/c1-13-5-4-6-14(9-13)24(33)35-21-15(10-16(26)12-18(21)27)11-17-22(31)29-25(34)30(23(17)32)20-8-3-2-7-19(20)28/h2-12H,1H3,(H,29,31,34)/b17-11-. The van der Waals surface area contributed by atoms with E-state index in [9.17, 15) is 23.6 Å². The Morgan fingerprint density at radius 1 is 1.03 bits per heavy atom. The number of para-hydroxylation sites is 1. The maximum Gasteiger partial charge on any atom is 0.343 e. The van der Waals surface area contributed by atoms with E-state index in [1.165, 1.54) is 30.3 Å². The van der Waals surface area contributed by atoms with Crippen LogP contribution in [0.5, 0.6) is 5.75 Å². The highest BCUT2D eigenvalue weighted by Crippen LogP contribution is 2.36. The number of ether oxygens (including phenoxy) is 1. The Labute approximate surface area is 215 Å². The van der Waals surface area contributed by atoms with Crippen molar-refractivity contribution in [3.63, 3.8) is 0 Å². The van der Waals surface area contributed by atoms with Gasteiger partial charge in [-0.05, 0) is 65.3 Å². The third kappa shape index (κ3) is 5.08. The van der Waals surface area contributed by atoms with E-state index in [2.05, 4.69) is 31.9 Å². The summed E-state index contributed by atoms with van der Waals surface area (Å²) in [5.74, 6) is -3.43. The second-order valence-electron chi connectivity index (χ2n) is 7.47. The van der Waals surface area contributed by atoms with Gasteiger partial charge in [-0.2, -0.15) is 0 Å². The fourth-order valence-electron chi connectivity index (χ4n) is 3.38. The number of halogens is 3. The molecule has 3 aromatic rings. The van der Waals surface area contributed by atoms with Crippen molar-refractivity contribution >= 4 is 67.4 Å². The van der Waals surface area contributed by atoms with Crippen LogP contribution in [0.25, 0.3) is 6.08 Å². The molecule has 7 nitrogen and oxygen atoms in total. The first kappa shape index (κ1) is 24.5. The molecule has 0 aliphatic carbocycles. The Morgan fingerprint density at radius 2 is 1.77 bits per heavy atom. The lowest BCUT2D eigenvalue weighted by atomic mass is 10.1. The van der Waals surface area contributed by atoms with Gasteiger partial charge in [-0.1, -0.05) is 45.8 Å². The summed E-state index contributed by atoms with van der Waals surface area (Å²) in [7, 11) is 0. The number of aryl methyl sites for hydroxylation is 1. The van der Waals surface area contributed by atoms with Crippen LogP contribution in [0.1, 0.15) is 21.5 Å². The molecule has 0 aromatic heterocycles. The van der Waals surface area contributed by atoms with E-state index in [4.69, 9.17) is 4.74 Å². The summed E-state index contributed by atoms with van der Waals surface area (Å²) in [6, 6.07) is 14.1. The highest BCUT2D eigenvalue weighted by molar-refractivity contribution is 9.11. The van der Waals surface area contributed by atoms with Gasteiger partial charge < -0.3 is 4.74 Å². The number of carbonyl (C=O) groups is 4. The van der Waals surface area contributed by atoms with E-state index in [-0.39, 0.29) is 17.0 Å². The van der Waals surface area contributed by atoms with Crippen LogP contribution in [0.3, 0.4) is 0 Å². The highest BCUT2D eigenvalue weighted by Gasteiger charge is 2.38. The molecular weight excluding hydrogens is 587 g/mol. The third-order valence-electron chi connectivity index (χ3n) is 4.98. The average molecular weight is 602 g/mol. The number of esters is 1. The molecule has 4 rings (SSSR count). The van der Waals surface area contributed by atoms with Crippen LogP contribution in [0.15, 0.2) is 75.2 Å². The van der Waals surface area contributed by atoms with E-state index in [1.807, 2.05) is 18.3 Å². The molecule has 1 fully saturated rings. The summed E-state index contributed by atoms with van der Waals surface area (Å²) in [6.45, 7) is 1.83. The number of imide groups is 2. The lowest BCUT2D eigenvalue weighted by Crippen LogP contribution is -2.54. The van der Waals surface area contributed by atoms with Crippen LogP contribution in [0.2, 0.25) is 0 Å². The molecule has 1 aliphatic heterocycles. The third-order valence-corrected chi connectivity index (χ3v) is 6.03. The maximum atomic E-state index is 14.3. The number of nitrogens with one attached hydrogen (secondary N) is 1. The van der Waals surface area contributed by atoms with Crippen molar-refractivity contribution in [1.29, 1.82) is 0 Å². The van der Waals surface area contributed by atoms with Gasteiger partial charge in [0.2, 0.25) is 0 Å². The molecule has 1 saturated heterocycles. The number of hydrogen-bond donors (Lipinski definition) is 1. The van der Waals surface area contributed by atoms with Gasteiger partial charge in [0, 0.05) is 10.0 Å². The fourth-order valence-corrected chi connectivity index (χ4v) is 4.72. The van der Waals surface area contributed by atoms with Crippen LogP contribution < -0.4 is 15.0 Å². The molecule has 0 unspecified atom stereocenters. The summed E-state index contributed by atoms with van der Waals surface area (Å²) in [6.07, 6.45) is 1.17. The molecule has 3 aromatic carbocycles. The van der Waals surface area contributed by atoms with Gasteiger partial charge in [0.25, 0.3) is 11.8 Å². The Hall–Kier alpha value is -3.63. The zero-order chi connectivity index (χ0) is 25.3. The average Bonchev–Trinajstić information content (AvgIpc) is 2.79. The zero-order valence-electron chi connectivity index (χ0n) is 18.0. The first-order chi connectivity index (χ1) is 16.7. The van der Waals surface area contributed by atoms with Gasteiger partial charge in [-0.3, -0.25) is 14.9 Å². The zero-order valence-corrected chi connectivity index (χ0v) is 21.1. The number of nitrogens with zero attached hydrogens (tertiary/aromatic N) is 1. The van der Waals surface area contributed by atoms with Crippen LogP contribution in [0, 0.1) is 12.7 Å². The van der Waals surface area contributed by atoms with E-state index >= 15 is 0 Å². The molecule has 10 heteroatoms. The SMILES string of the molecule is Cc1cccc(C(=O)Oc2c(Br)cc(Br)cc2/C=C2/C(=O)NC(=O)N(c3ccccc3F)C2=O)c1. The minimum Gasteiger partial charge on any atom is -0.421 e. The first-order valence-corrected chi connectivity index (χ1v) is 11.7. The number of carbonyl (C=O) groups excluding carboxylic acids is 4. The van der Waals surface area contributed by atoms with Crippen LogP contribution in [-0.2, 0) is 9.59 Å². The predicted molar refractivity (Wildman–Crippen MR) is 133 cm³/mol. The van der Waals surface area contributed by atoms with Crippen molar-refractivity contribution in [3.05, 3.63) is 97.7 Å². The second-order valence-corrected chi connectivity index (χ2v) is 9.24. The van der Waals surface area contributed by atoms with Gasteiger partial charge in [-0.15, -0.1) is 0 Å². The molecule has 1 aliphatic rings. The van der Waals surface area contributed by atoms with E-state index in [0.29, 0.717) is 19.4 Å². The van der Waals surface area contributed by atoms with E-state index < -0.39 is 35.2 Å². The molecule has 1 N–H and O–H groups in total. The van der Waals surface area contributed by atoms with Crippen LogP contribution in [0.4, 0.5) is 14.9 Å². The molecule has 35 heavy (non-hydrogen) atoms. The topological polar surface area (TPSA) is 92.8 Å². The van der Waals surface area contributed by atoms with Crippen molar-refractivity contribution < 1.29 is 28.3 Å². The second kappa shape index (κ2) is 9.93. The molecule has 0 bridgehead atoms. The predicted octanol–water partition coefficient (Wildman–Crippen LogP) is 5.54. The van der Waals surface area contributed by atoms with Gasteiger partial charge in [0.1, 0.15) is 11.4 Å². The molecule has 4 amide bonds. The van der Waals surface area contributed by atoms with Crippen LogP contribution in [-0.4, -0.2) is 23.8 Å². The summed E-state index contributed by atoms with van der Waals surface area (Å²) in [4.78, 5) is 51.4. The number of urea groups is 1. The van der Waals surface area contributed by atoms with Crippen molar-refractivity contribution in [2.75, 3.05) is 4.90 Å². The number of anilines is 1. The lowest BCUT2D eigenvalue weighted by molar-refractivity contribution is -0.122. The van der Waals surface area contributed by atoms with Crippen LogP contribution >= 0.6 is 31.9 Å². The Balaban J connectivity index is 1.77. The molecule has 0 radical (unpaired) electrons. The lowest BCUT2D eigenvalue weighted by Gasteiger charge is -2.26. The number of barbiturate groups is 1. The number of hydrogen-bond acceptors (Lipinski definition) is 5. The van der Waals surface area contributed by atoms with E-state index in [0.717, 1.165) is 11.6 Å². The fraction of sp³-hybridized carbons (Fsp3) is 0.0400. The minimum atomic E-state index is -1.08. The molecule has 0 atom stereocenters. The quantitative estimate of drug-likeness (QED) is 0.183. The van der Waals surface area contributed by atoms with Gasteiger partial charge in [0.15, 0.2) is 5.75 Å². The minimum absolute atomic E-state index is 0.0437. The summed E-state index contributed by atoms with van der Waals surface area (Å²) < 4.78 is 20.8. The Morgan fingerprint density at radius 3 is 2.49 bits per heavy atom. The number of benzene rings is 3. The molecule has 176 valence electrons. The molecule has 0 saturated carbocycles. The van der Waals surface area contributed by atoms with Crippen molar-refractivity contribution in [2.45, 2.75) is 6.92 Å². The van der Waals surface area contributed by atoms with E-state index in [1.54, 1.807) is 24.3 Å². The molecule has 1 heterocycles. The Kier molecular flexibility index (Phi) is 6.95. The highest BCUT2D eigenvalue weighted by atomic mass is 79.9. The molecule has 0 spiro atoms. The van der Waals surface area contributed by atoms with Crippen molar-refractivity contribution in [2.24, 2.45) is 0 Å². The molecular formula is C25H15Br2FN2O5. The number of rotatable bonds is 4. The smallest absolute Gasteiger partial charge is 0.343 e. The van der Waals surface area contributed by atoms with Crippen molar-refractivity contribution in [3.8, 4) is 5.75 Å². The van der Waals surface area contributed by atoms with Crippen molar-refractivity contribution in [1.82, 2.24) is 5.32 Å². The largest absolute Gasteiger partial charge is 0.421 e. The number of amides is 4. The summed E-state index contributed by atoms with van der Waals surface area (Å²) >= 11 is 6.67. The maximum absolute atomic E-state index is 14.3. The summed E-state index contributed by atoms with van der Waals surface area (Å²) in [5, 5.41) is 2.04. The van der Waals surface area contributed by atoms with Gasteiger partial charge in [-0.25, -0.2) is 18.9 Å². The Bertz CT molecular complexity index is 1440. The first-order valence-electron chi connectivity index (χ1n) is 10.1. The van der Waals surface area contributed by atoms with Gasteiger partial charge >= 0.3 is 12.0 Å². The normalized spacial score (nSPS) is 14.8. The summed E-state index contributed by atoms with van der Waals surface area (Å²) in [5.41, 5.74) is 0.592. The monoisotopic (exact) mass is 600 g/mol.